The molecular formula is C32H55NO3. The van der Waals surface area contributed by atoms with E-state index in [1.54, 1.807) is 5.57 Å². The van der Waals surface area contributed by atoms with Gasteiger partial charge in [0.05, 0.1) is 6.61 Å². The first kappa shape index (κ1) is 28.0. The van der Waals surface area contributed by atoms with E-state index < -0.39 is 0 Å². The van der Waals surface area contributed by atoms with Gasteiger partial charge < -0.3 is 14.8 Å². The highest BCUT2D eigenvalue weighted by atomic mass is 16.6. The van der Waals surface area contributed by atoms with Crippen molar-refractivity contribution in [2.24, 2.45) is 46.3 Å². The first-order valence-electron chi connectivity index (χ1n) is 15.4. The molecule has 0 aromatic carbocycles. The van der Waals surface area contributed by atoms with Crippen LogP contribution in [0.25, 0.3) is 0 Å². The molecule has 0 bridgehead atoms. The van der Waals surface area contributed by atoms with E-state index >= 15 is 0 Å². The molecular weight excluding hydrogens is 446 g/mol. The summed E-state index contributed by atoms with van der Waals surface area (Å²) in [6, 6.07) is 0. The van der Waals surface area contributed by atoms with Gasteiger partial charge in [0.15, 0.2) is 0 Å². The van der Waals surface area contributed by atoms with Crippen LogP contribution in [-0.2, 0) is 9.47 Å². The van der Waals surface area contributed by atoms with E-state index in [4.69, 9.17) is 9.47 Å². The largest absolute Gasteiger partial charge is 0.446 e. The maximum Gasteiger partial charge on any atom is 0.407 e. The van der Waals surface area contributed by atoms with Gasteiger partial charge in [0, 0.05) is 19.6 Å². The Bertz CT molecular complexity index is 777. The molecule has 3 saturated carbocycles. The molecule has 0 heterocycles. The summed E-state index contributed by atoms with van der Waals surface area (Å²) in [5, 5.41) is 2.85. The molecule has 206 valence electrons. The molecule has 0 aromatic rings. The fraction of sp³-hybridized carbons (Fsp3) is 0.906. The zero-order valence-corrected chi connectivity index (χ0v) is 24.2. The molecule has 8 atom stereocenters. The van der Waals surface area contributed by atoms with Gasteiger partial charge in [0.25, 0.3) is 0 Å². The van der Waals surface area contributed by atoms with Crippen molar-refractivity contribution in [3.05, 3.63) is 11.6 Å². The molecule has 0 aliphatic heterocycles. The molecule has 1 amide bonds. The predicted octanol–water partition coefficient (Wildman–Crippen LogP) is 8.16. The van der Waals surface area contributed by atoms with Gasteiger partial charge in [0.1, 0.15) is 6.10 Å². The number of hydrogen-bond acceptors (Lipinski definition) is 3. The number of amides is 1. The monoisotopic (exact) mass is 501 g/mol. The fourth-order valence-electron chi connectivity index (χ4n) is 9.32. The average Bonchev–Trinajstić information content (AvgIpc) is 3.19. The first-order valence-corrected chi connectivity index (χ1v) is 15.4. The predicted molar refractivity (Wildman–Crippen MR) is 148 cm³/mol. The highest BCUT2D eigenvalue weighted by molar-refractivity contribution is 5.67. The van der Waals surface area contributed by atoms with Gasteiger partial charge in [-0.1, -0.05) is 65.5 Å². The lowest BCUT2D eigenvalue weighted by Gasteiger charge is -2.58. The molecule has 4 rings (SSSR count). The second kappa shape index (κ2) is 11.8. The average molecular weight is 502 g/mol. The SMILES string of the molecule is CCOCCNC(=O)O[C@H]1CC[C@@]2(C)C(=CCC3C4CCC(C(C)CCCC(C)C)[C@@]4(C)CCC32)C1. The van der Waals surface area contributed by atoms with Crippen molar-refractivity contribution in [1.29, 1.82) is 0 Å². The van der Waals surface area contributed by atoms with Gasteiger partial charge in [0.2, 0.25) is 0 Å². The Labute approximate surface area is 221 Å². The summed E-state index contributed by atoms with van der Waals surface area (Å²) in [5.41, 5.74) is 2.43. The number of hydrogen-bond donors (Lipinski definition) is 1. The number of nitrogens with one attached hydrogen (secondary N) is 1. The van der Waals surface area contributed by atoms with Crippen LogP contribution in [0.3, 0.4) is 0 Å². The van der Waals surface area contributed by atoms with Crippen LogP contribution >= 0.6 is 0 Å². The van der Waals surface area contributed by atoms with Gasteiger partial charge in [-0.05, 0) is 98.2 Å². The third kappa shape index (κ3) is 5.69. The molecule has 4 nitrogen and oxygen atoms in total. The van der Waals surface area contributed by atoms with E-state index in [0.717, 1.165) is 54.8 Å². The third-order valence-electron chi connectivity index (χ3n) is 11.3. The van der Waals surface area contributed by atoms with Crippen molar-refractivity contribution < 1.29 is 14.3 Å². The summed E-state index contributed by atoms with van der Waals surface area (Å²) < 4.78 is 11.1. The lowest BCUT2D eigenvalue weighted by atomic mass is 9.47. The van der Waals surface area contributed by atoms with E-state index in [1.807, 2.05) is 6.92 Å². The molecule has 4 aliphatic carbocycles. The van der Waals surface area contributed by atoms with Crippen molar-refractivity contribution in [1.82, 2.24) is 5.32 Å². The summed E-state index contributed by atoms with van der Waals surface area (Å²) in [5.74, 6) is 5.18. The standard InChI is InChI=1S/C32H55NO3/c1-7-35-20-19-33-30(34)36-25-15-17-31(5)24(21-25)11-12-26-28-14-13-27(23(4)10-8-9-22(2)3)32(28,6)18-16-29(26)31/h11,22-23,25-29H,7-10,12-21H2,1-6H3,(H,33,34)/t23?,25-,26?,27?,28?,29?,31-,32+/m0/s1. The Hall–Kier alpha value is -1.03. The normalized spacial score (nSPS) is 38.5. The summed E-state index contributed by atoms with van der Waals surface area (Å²) in [6.45, 7) is 16.2. The minimum atomic E-state index is -0.287. The van der Waals surface area contributed by atoms with Gasteiger partial charge in [-0.15, -0.1) is 0 Å². The molecule has 3 fully saturated rings. The molecule has 0 aromatic heterocycles. The smallest absolute Gasteiger partial charge is 0.407 e. The highest BCUT2D eigenvalue weighted by Gasteiger charge is 2.59. The lowest BCUT2D eigenvalue weighted by Crippen LogP contribution is -2.51. The third-order valence-corrected chi connectivity index (χ3v) is 11.3. The van der Waals surface area contributed by atoms with Gasteiger partial charge in [-0.25, -0.2) is 4.79 Å². The summed E-state index contributed by atoms with van der Waals surface area (Å²) in [4.78, 5) is 12.3. The van der Waals surface area contributed by atoms with Crippen molar-refractivity contribution in [3.63, 3.8) is 0 Å². The quantitative estimate of drug-likeness (QED) is 0.243. The first-order chi connectivity index (χ1) is 17.2. The van der Waals surface area contributed by atoms with Crippen LogP contribution in [0.1, 0.15) is 112 Å². The minimum absolute atomic E-state index is 0.0179. The van der Waals surface area contributed by atoms with Gasteiger partial charge in [-0.2, -0.15) is 0 Å². The topological polar surface area (TPSA) is 47.6 Å². The molecule has 0 radical (unpaired) electrons. The van der Waals surface area contributed by atoms with Gasteiger partial charge >= 0.3 is 6.09 Å². The maximum atomic E-state index is 12.3. The van der Waals surface area contributed by atoms with Crippen LogP contribution in [0.4, 0.5) is 4.79 Å². The van der Waals surface area contributed by atoms with E-state index in [2.05, 4.69) is 46.0 Å². The molecule has 0 spiro atoms. The zero-order chi connectivity index (χ0) is 25.9. The Morgan fingerprint density at radius 1 is 1.08 bits per heavy atom. The number of allylic oxidation sites excluding steroid dienone is 1. The molecule has 5 unspecified atom stereocenters. The maximum absolute atomic E-state index is 12.3. The van der Waals surface area contributed by atoms with Crippen LogP contribution in [0.5, 0.6) is 0 Å². The van der Waals surface area contributed by atoms with Crippen LogP contribution in [-0.4, -0.2) is 32.0 Å². The zero-order valence-electron chi connectivity index (χ0n) is 24.2. The minimum Gasteiger partial charge on any atom is -0.446 e. The lowest BCUT2D eigenvalue weighted by molar-refractivity contribution is -0.0581. The summed E-state index contributed by atoms with van der Waals surface area (Å²) in [7, 11) is 0. The Morgan fingerprint density at radius 2 is 1.89 bits per heavy atom. The summed E-state index contributed by atoms with van der Waals surface area (Å²) in [6.07, 6.45) is 16.6. The molecule has 0 saturated heterocycles. The second-order valence-corrected chi connectivity index (χ2v) is 13.7. The van der Waals surface area contributed by atoms with E-state index in [9.17, 15) is 4.79 Å². The number of rotatable bonds is 10. The van der Waals surface area contributed by atoms with Crippen molar-refractivity contribution >= 4 is 6.09 Å². The van der Waals surface area contributed by atoms with Crippen LogP contribution in [0.2, 0.25) is 0 Å². The molecule has 36 heavy (non-hydrogen) atoms. The van der Waals surface area contributed by atoms with Crippen LogP contribution < -0.4 is 5.32 Å². The molecule has 1 N–H and O–H groups in total. The van der Waals surface area contributed by atoms with E-state index in [-0.39, 0.29) is 12.2 Å². The Kier molecular flexibility index (Phi) is 9.16. The summed E-state index contributed by atoms with van der Waals surface area (Å²) >= 11 is 0. The van der Waals surface area contributed by atoms with E-state index in [1.165, 1.54) is 51.4 Å². The number of alkyl carbamates (subject to hydrolysis) is 1. The number of ether oxygens (including phenoxy) is 2. The Morgan fingerprint density at radius 3 is 2.64 bits per heavy atom. The number of fused-ring (bicyclic) bond motifs is 5. The molecule has 4 heteroatoms. The van der Waals surface area contributed by atoms with E-state index in [0.29, 0.717) is 30.6 Å². The van der Waals surface area contributed by atoms with Crippen molar-refractivity contribution in [3.8, 4) is 0 Å². The number of carbonyl (C=O) groups is 1. The van der Waals surface area contributed by atoms with Crippen LogP contribution in [0.15, 0.2) is 11.6 Å². The second-order valence-electron chi connectivity index (χ2n) is 13.7. The Balaban J connectivity index is 1.36. The van der Waals surface area contributed by atoms with Crippen LogP contribution in [0, 0.1) is 46.3 Å². The molecule has 4 aliphatic rings. The van der Waals surface area contributed by atoms with Crippen molar-refractivity contribution in [2.45, 2.75) is 118 Å². The number of carbonyl (C=O) groups excluding carboxylic acids is 1. The fourth-order valence-corrected chi connectivity index (χ4v) is 9.32. The van der Waals surface area contributed by atoms with Gasteiger partial charge in [-0.3, -0.25) is 0 Å². The highest BCUT2D eigenvalue weighted by Crippen LogP contribution is 2.67. The van der Waals surface area contributed by atoms with Crippen molar-refractivity contribution in [2.75, 3.05) is 19.8 Å².